The molecule has 1 rings (SSSR count). The number of nitrogens with two attached hydrogens (primary N) is 1. The average molecular weight is 385 g/mol. The van der Waals surface area contributed by atoms with E-state index >= 15 is 0 Å². The highest BCUT2D eigenvalue weighted by molar-refractivity contribution is 7.89. The van der Waals surface area contributed by atoms with Crippen LogP contribution in [0, 0.1) is 0 Å². The first-order valence-electron chi connectivity index (χ1n) is 8.38. The lowest BCUT2D eigenvalue weighted by Gasteiger charge is -2.21. The summed E-state index contributed by atoms with van der Waals surface area (Å²) in [4.78, 5) is 27.3. The molecule has 0 saturated heterocycles. The Kier molecular flexibility index (Phi) is 8.70. The third kappa shape index (κ3) is 8.41. The Morgan fingerprint density at radius 3 is 2.23 bits per heavy atom. The summed E-state index contributed by atoms with van der Waals surface area (Å²) in [5, 5.41) is 7.82. The Labute approximate surface area is 155 Å². The normalized spacial score (nSPS) is 11.4. The van der Waals surface area contributed by atoms with Gasteiger partial charge in [0.15, 0.2) is 0 Å². The minimum atomic E-state index is -3.70. The van der Waals surface area contributed by atoms with Crippen molar-refractivity contribution in [2.24, 2.45) is 5.14 Å². The summed E-state index contributed by atoms with van der Waals surface area (Å²) in [7, 11) is 0.219. The van der Waals surface area contributed by atoms with Crippen LogP contribution in [0.25, 0.3) is 0 Å². The maximum Gasteiger partial charge on any atom is 0.239 e. The molecular formula is C17H28N4O4S. The van der Waals surface area contributed by atoms with Crippen LogP contribution in [-0.2, 0) is 26.0 Å². The maximum absolute atomic E-state index is 12.0. The van der Waals surface area contributed by atoms with E-state index in [0.717, 1.165) is 18.5 Å². The number of benzene rings is 1. The molecule has 0 radical (unpaired) electrons. The van der Waals surface area contributed by atoms with Crippen LogP contribution in [0.4, 0.5) is 0 Å². The number of rotatable bonds is 10. The van der Waals surface area contributed by atoms with E-state index in [-0.39, 0.29) is 23.3 Å². The monoisotopic (exact) mass is 384 g/mol. The second-order valence-electron chi connectivity index (χ2n) is 6.39. The predicted octanol–water partition coefficient (Wildman–Crippen LogP) is -0.207. The molecule has 0 aromatic heterocycles. The summed E-state index contributed by atoms with van der Waals surface area (Å²) in [5.74, 6) is -0.344. The van der Waals surface area contributed by atoms with Crippen molar-refractivity contribution in [1.29, 1.82) is 0 Å². The molecule has 0 aliphatic carbocycles. The Bertz CT molecular complexity index is 702. The predicted molar refractivity (Wildman–Crippen MR) is 100.0 cm³/mol. The number of primary sulfonamides is 1. The molecule has 0 bridgehead atoms. The standard InChI is InChI=1S/C17H28N4O4S/c1-14(22)21(12-4-11-20(2)3)13-17(23)19-10-9-15-5-7-16(8-6-15)26(18,24)25/h5-8H,4,9-13H2,1-3H3,(H,19,23)(H2,18,24,25). The second-order valence-corrected chi connectivity index (χ2v) is 7.95. The van der Waals surface area contributed by atoms with Crippen LogP contribution in [0.1, 0.15) is 18.9 Å². The molecule has 0 fully saturated rings. The summed E-state index contributed by atoms with van der Waals surface area (Å²) in [5.41, 5.74) is 0.882. The third-order valence-corrected chi connectivity index (χ3v) is 4.73. The first-order chi connectivity index (χ1) is 12.1. The highest BCUT2D eigenvalue weighted by Crippen LogP contribution is 2.08. The van der Waals surface area contributed by atoms with Gasteiger partial charge in [0.05, 0.1) is 11.4 Å². The van der Waals surface area contributed by atoms with E-state index in [9.17, 15) is 18.0 Å². The average Bonchev–Trinajstić information content (AvgIpc) is 2.53. The van der Waals surface area contributed by atoms with E-state index in [1.165, 1.54) is 24.0 Å². The van der Waals surface area contributed by atoms with Crippen molar-refractivity contribution in [3.8, 4) is 0 Å². The molecule has 0 unspecified atom stereocenters. The van der Waals surface area contributed by atoms with Gasteiger partial charge in [-0.25, -0.2) is 13.6 Å². The molecule has 0 atom stereocenters. The van der Waals surface area contributed by atoms with Gasteiger partial charge in [0.2, 0.25) is 21.8 Å². The maximum atomic E-state index is 12.0. The molecule has 2 amide bonds. The highest BCUT2D eigenvalue weighted by Gasteiger charge is 2.13. The number of nitrogens with zero attached hydrogens (tertiary/aromatic N) is 2. The highest BCUT2D eigenvalue weighted by atomic mass is 32.2. The quantitative estimate of drug-likeness (QED) is 0.580. The van der Waals surface area contributed by atoms with Gasteiger partial charge in [0, 0.05) is 20.0 Å². The van der Waals surface area contributed by atoms with E-state index in [2.05, 4.69) is 5.32 Å². The number of hydrogen-bond acceptors (Lipinski definition) is 5. The number of carbonyl (C=O) groups excluding carboxylic acids is 2. The van der Waals surface area contributed by atoms with Crippen LogP contribution in [-0.4, -0.2) is 70.3 Å². The van der Waals surface area contributed by atoms with Gasteiger partial charge in [0.1, 0.15) is 0 Å². The first-order valence-corrected chi connectivity index (χ1v) is 9.93. The number of sulfonamides is 1. The van der Waals surface area contributed by atoms with E-state index in [1.54, 1.807) is 12.1 Å². The van der Waals surface area contributed by atoms with E-state index in [0.29, 0.717) is 19.5 Å². The van der Waals surface area contributed by atoms with Gasteiger partial charge >= 0.3 is 0 Å². The molecule has 26 heavy (non-hydrogen) atoms. The van der Waals surface area contributed by atoms with Gasteiger partial charge in [-0.05, 0) is 51.2 Å². The van der Waals surface area contributed by atoms with Gasteiger partial charge in [0.25, 0.3) is 0 Å². The molecule has 8 nitrogen and oxygen atoms in total. The fourth-order valence-corrected chi connectivity index (χ4v) is 2.86. The molecule has 146 valence electrons. The van der Waals surface area contributed by atoms with Gasteiger partial charge in [-0.2, -0.15) is 0 Å². The molecule has 9 heteroatoms. The summed E-state index contributed by atoms with van der Waals surface area (Å²) in [6, 6.07) is 6.20. The fraction of sp³-hybridized carbons (Fsp3) is 0.529. The van der Waals surface area contributed by atoms with Crippen LogP contribution in [0.3, 0.4) is 0 Å². The minimum absolute atomic E-state index is 0.0348. The lowest BCUT2D eigenvalue weighted by molar-refractivity contribution is -0.134. The zero-order valence-corrected chi connectivity index (χ0v) is 16.4. The van der Waals surface area contributed by atoms with Crippen LogP contribution in [0.15, 0.2) is 29.2 Å². The minimum Gasteiger partial charge on any atom is -0.354 e. The van der Waals surface area contributed by atoms with Crippen molar-refractivity contribution in [2.45, 2.75) is 24.7 Å². The molecule has 0 heterocycles. The van der Waals surface area contributed by atoms with Crippen LogP contribution >= 0.6 is 0 Å². The van der Waals surface area contributed by atoms with Crippen molar-refractivity contribution in [3.05, 3.63) is 29.8 Å². The van der Waals surface area contributed by atoms with Crippen molar-refractivity contribution >= 4 is 21.8 Å². The lowest BCUT2D eigenvalue weighted by atomic mass is 10.1. The van der Waals surface area contributed by atoms with Gasteiger partial charge < -0.3 is 15.1 Å². The van der Waals surface area contributed by atoms with Gasteiger partial charge in [-0.1, -0.05) is 12.1 Å². The van der Waals surface area contributed by atoms with Crippen molar-refractivity contribution in [2.75, 3.05) is 40.3 Å². The molecule has 0 aliphatic rings. The van der Waals surface area contributed by atoms with Crippen molar-refractivity contribution in [3.63, 3.8) is 0 Å². The SMILES string of the molecule is CC(=O)N(CCCN(C)C)CC(=O)NCCc1ccc(S(N)(=O)=O)cc1. The zero-order valence-electron chi connectivity index (χ0n) is 15.6. The fourth-order valence-electron chi connectivity index (χ4n) is 2.35. The molecule has 1 aromatic carbocycles. The number of carbonyl (C=O) groups is 2. The zero-order chi connectivity index (χ0) is 19.7. The van der Waals surface area contributed by atoms with Crippen LogP contribution in [0.5, 0.6) is 0 Å². The Morgan fingerprint density at radius 1 is 1.12 bits per heavy atom. The number of hydrogen-bond donors (Lipinski definition) is 2. The third-order valence-electron chi connectivity index (χ3n) is 3.80. The molecule has 0 saturated carbocycles. The summed E-state index contributed by atoms with van der Waals surface area (Å²) < 4.78 is 22.4. The van der Waals surface area contributed by atoms with Crippen LogP contribution in [0.2, 0.25) is 0 Å². The van der Waals surface area contributed by atoms with Gasteiger partial charge in [-0.15, -0.1) is 0 Å². The molecule has 0 aliphatic heterocycles. The molecule has 3 N–H and O–H groups in total. The van der Waals surface area contributed by atoms with Crippen molar-refractivity contribution < 1.29 is 18.0 Å². The Balaban J connectivity index is 2.41. The summed E-state index contributed by atoms with van der Waals surface area (Å²) in [6.07, 6.45) is 1.35. The number of nitrogens with one attached hydrogen (secondary N) is 1. The first kappa shape index (κ1) is 22.1. The molecular weight excluding hydrogens is 356 g/mol. The topological polar surface area (TPSA) is 113 Å². The van der Waals surface area contributed by atoms with Crippen LogP contribution < -0.4 is 10.5 Å². The Hall–Kier alpha value is -1.97. The Morgan fingerprint density at radius 2 is 1.73 bits per heavy atom. The second kappa shape index (κ2) is 10.2. The summed E-state index contributed by atoms with van der Waals surface area (Å²) >= 11 is 0. The summed E-state index contributed by atoms with van der Waals surface area (Å²) in [6.45, 7) is 3.27. The smallest absolute Gasteiger partial charge is 0.239 e. The number of amides is 2. The molecule has 1 aromatic rings. The van der Waals surface area contributed by atoms with Crippen molar-refractivity contribution in [1.82, 2.24) is 15.1 Å². The lowest BCUT2D eigenvalue weighted by Crippen LogP contribution is -2.41. The van der Waals surface area contributed by atoms with E-state index < -0.39 is 10.0 Å². The van der Waals surface area contributed by atoms with E-state index in [1.807, 2.05) is 19.0 Å². The molecule has 0 spiro atoms. The largest absolute Gasteiger partial charge is 0.354 e. The van der Waals surface area contributed by atoms with E-state index in [4.69, 9.17) is 5.14 Å². The van der Waals surface area contributed by atoms with Gasteiger partial charge in [-0.3, -0.25) is 9.59 Å².